The largest absolute Gasteiger partial charge is 0.492 e. The van der Waals surface area contributed by atoms with Gasteiger partial charge in [-0.15, -0.1) is 0 Å². The van der Waals surface area contributed by atoms with Crippen LogP contribution in [0.5, 0.6) is 5.75 Å². The molecule has 0 spiro atoms. The fraction of sp³-hybridized carbons (Fsp3) is 0.200. The molecule has 2 N–H and O–H groups in total. The molecule has 0 heterocycles. The quantitative estimate of drug-likeness (QED) is 0.602. The standard InChI is InChI=1S/C20H22N2O3/c1-15-3-10-19(11-4-15)25-14-13-21-20(24)12-7-17-5-8-18(9-6-17)22-16(2)23/h3-12H,13-14H2,1-2H3,(H,21,24)(H,22,23)/b12-7+. The summed E-state index contributed by atoms with van der Waals surface area (Å²) in [5, 5.41) is 5.46. The van der Waals surface area contributed by atoms with Crippen molar-refractivity contribution < 1.29 is 14.3 Å². The third-order valence-corrected chi connectivity index (χ3v) is 3.35. The van der Waals surface area contributed by atoms with Crippen molar-refractivity contribution in [1.82, 2.24) is 5.32 Å². The molecule has 0 aromatic heterocycles. The van der Waals surface area contributed by atoms with E-state index in [0.29, 0.717) is 13.2 Å². The fourth-order valence-electron chi connectivity index (χ4n) is 2.09. The molecule has 0 aliphatic carbocycles. The number of carbonyl (C=O) groups excluding carboxylic acids is 2. The highest BCUT2D eigenvalue weighted by atomic mass is 16.5. The molecule has 5 heteroatoms. The van der Waals surface area contributed by atoms with Crippen LogP contribution >= 0.6 is 0 Å². The number of hydrogen-bond acceptors (Lipinski definition) is 3. The molecule has 0 radical (unpaired) electrons. The summed E-state index contributed by atoms with van der Waals surface area (Å²) in [5.41, 5.74) is 2.78. The second-order valence-corrected chi connectivity index (χ2v) is 5.59. The predicted octanol–water partition coefficient (Wildman–Crippen LogP) is 3.16. The lowest BCUT2D eigenvalue weighted by Gasteiger charge is -2.06. The molecule has 0 saturated heterocycles. The molecule has 0 fully saturated rings. The van der Waals surface area contributed by atoms with Crippen LogP contribution in [-0.4, -0.2) is 25.0 Å². The number of ether oxygens (including phenoxy) is 1. The zero-order valence-corrected chi connectivity index (χ0v) is 14.4. The van der Waals surface area contributed by atoms with E-state index >= 15 is 0 Å². The Balaban J connectivity index is 1.71. The minimum absolute atomic E-state index is 0.115. The molecule has 0 aliphatic rings. The topological polar surface area (TPSA) is 67.4 Å². The summed E-state index contributed by atoms with van der Waals surface area (Å²) in [6.07, 6.45) is 3.19. The minimum atomic E-state index is -0.182. The summed E-state index contributed by atoms with van der Waals surface area (Å²) in [5.74, 6) is 0.489. The number of amides is 2. The maximum Gasteiger partial charge on any atom is 0.244 e. The maximum atomic E-state index is 11.8. The van der Waals surface area contributed by atoms with Crippen LogP contribution in [0.2, 0.25) is 0 Å². The Labute approximate surface area is 147 Å². The Morgan fingerprint density at radius 2 is 1.72 bits per heavy atom. The van der Waals surface area contributed by atoms with Gasteiger partial charge in [0, 0.05) is 18.7 Å². The van der Waals surface area contributed by atoms with Crippen molar-refractivity contribution in [2.75, 3.05) is 18.5 Å². The molecule has 130 valence electrons. The number of nitrogens with one attached hydrogen (secondary N) is 2. The number of anilines is 1. The van der Waals surface area contributed by atoms with Gasteiger partial charge < -0.3 is 15.4 Å². The van der Waals surface area contributed by atoms with Crippen molar-refractivity contribution >= 4 is 23.6 Å². The second-order valence-electron chi connectivity index (χ2n) is 5.59. The third kappa shape index (κ3) is 6.91. The Morgan fingerprint density at radius 3 is 2.36 bits per heavy atom. The van der Waals surface area contributed by atoms with Gasteiger partial charge in [0.25, 0.3) is 0 Å². The molecule has 2 amide bonds. The zero-order chi connectivity index (χ0) is 18.1. The average Bonchev–Trinajstić information content (AvgIpc) is 2.59. The molecule has 0 aliphatic heterocycles. The third-order valence-electron chi connectivity index (χ3n) is 3.35. The highest BCUT2D eigenvalue weighted by Gasteiger charge is 1.98. The van der Waals surface area contributed by atoms with Crippen molar-refractivity contribution in [2.45, 2.75) is 13.8 Å². The number of benzene rings is 2. The first-order valence-electron chi connectivity index (χ1n) is 8.06. The van der Waals surface area contributed by atoms with Gasteiger partial charge in [-0.1, -0.05) is 29.8 Å². The van der Waals surface area contributed by atoms with Gasteiger partial charge >= 0.3 is 0 Å². The van der Waals surface area contributed by atoms with Crippen molar-refractivity contribution in [3.63, 3.8) is 0 Å². The molecule has 5 nitrogen and oxygen atoms in total. The van der Waals surface area contributed by atoms with E-state index in [1.54, 1.807) is 18.2 Å². The number of carbonyl (C=O) groups is 2. The first kappa shape index (κ1) is 18.3. The Bertz CT molecular complexity index is 735. The van der Waals surface area contributed by atoms with E-state index in [9.17, 15) is 9.59 Å². The highest BCUT2D eigenvalue weighted by molar-refractivity contribution is 5.92. The monoisotopic (exact) mass is 338 g/mol. The lowest BCUT2D eigenvalue weighted by Crippen LogP contribution is -2.26. The van der Waals surface area contributed by atoms with E-state index in [1.165, 1.54) is 18.6 Å². The minimum Gasteiger partial charge on any atom is -0.492 e. The van der Waals surface area contributed by atoms with Crippen molar-refractivity contribution in [3.8, 4) is 5.75 Å². The lowest BCUT2D eigenvalue weighted by atomic mass is 10.2. The first-order valence-corrected chi connectivity index (χ1v) is 8.06. The summed E-state index contributed by atoms with van der Waals surface area (Å²) >= 11 is 0. The molecule has 2 aromatic rings. The lowest BCUT2D eigenvalue weighted by molar-refractivity contribution is -0.116. The summed E-state index contributed by atoms with van der Waals surface area (Å²) in [6, 6.07) is 15.0. The summed E-state index contributed by atoms with van der Waals surface area (Å²) in [6.45, 7) is 4.32. The smallest absolute Gasteiger partial charge is 0.244 e. The molecular weight excluding hydrogens is 316 g/mol. The number of rotatable bonds is 7. The Kier molecular flexibility index (Phi) is 6.77. The summed E-state index contributed by atoms with van der Waals surface area (Å²) < 4.78 is 5.55. The average molecular weight is 338 g/mol. The normalized spacial score (nSPS) is 10.5. The summed E-state index contributed by atoms with van der Waals surface area (Å²) in [7, 11) is 0. The van der Waals surface area contributed by atoms with Gasteiger partial charge in [0.15, 0.2) is 0 Å². The van der Waals surface area contributed by atoms with E-state index in [-0.39, 0.29) is 11.8 Å². The summed E-state index contributed by atoms with van der Waals surface area (Å²) in [4.78, 5) is 22.7. The van der Waals surface area contributed by atoms with E-state index in [2.05, 4.69) is 10.6 Å². The molecular formula is C20H22N2O3. The zero-order valence-electron chi connectivity index (χ0n) is 14.4. The molecule has 0 unspecified atom stereocenters. The van der Waals surface area contributed by atoms with Crippen molar-refractivity contribution in [1.29, 1.82) is 0 Å². The van der Waals surface area contributed by atoms with Crippen molar-refractivity contribution in [3.05, 3.63) is 65.7 Å². The molecule has 0 bridgehead atoms. The van der Waals surface area contributed by atoms with Crippen LogP contribution in [0, 0.1) is 6.92 Å². The van der Waals surface area contributed by atoms with Gasteiger partial charge in [-0.3, -0.25) is 9.59 Å². The molecule has 2 aromatic carbocycles. The Morgan fingerprint density at radius 1 is 1.04 bits per heavy atom. The van der Waals surface area contributed by atoms with Crippen LogP contribution in [-0.2, 0) is 9.59 Å². The van der Waals surface area contributed by atoms with E-state index in [4.69, 9.17) is 4.74 Å². The second kappa shape index (κ2) is 9.27. The van der Waals surface area contributed by atoms with Gasteiger partial charge in [-0.05, 0) is 42.8 Å². The fourth-order valence-corrected chi connectivity index (χ4v) is 2.09. The SMILES string of the molecule is CC(=O)Nc1ccc(/C=C/C(=O)NCCOc2ccc(C)cc2)cc1. The predicted molar refractivity (Wildman–Crippen MR) is 99.5 cm³/mol. The van der Waals surface area contributed by atoms with Gasteiger partial charge in [0.05, 0.1) is 6.54 Å². The van der Waals surface area contributed by atoms with Crippen LogP contribution in [0.15, 0.2) is 54.6 Å². The van der Waals surface area contributed by atoms with Crippen molar-refractivity contribution in [2.24, 2.45) is 0 Å². The number of hydrogen-bond donors (Lipinski definition) is 2. The van der Waals surface area contributed by atoms with Crippen LogP contribution in [0.25, 0.3) is 6.08 Å². The molecule has 0 atom stereocenters. The van der Waals surface area contributed by atoms with E-state index < -0.39 is 0 Å². The number of aryl methyl sites for hydroxylation is 1. The van der Waals surface area contributed by atoms with E-state index in [1.807, 2.05) is 43.3 Å². The molecule has 25 heavy (non-hydrogen) atoms. The highest BCUT2D eigenvalue weighted by Crippen LogP contribution is 2.11. The van der Waals surface area contributed by atoms with Gasteiger partial charge in [0.2, 0.25) is 11.8 Å². The van der Waals surface area contributed by atoms with Gasteiger partial charge in [0.1, 0.15) is 12.4 Å². The van der Waals surface area contributed by atoms with Gasteiger partial charge in [-0.2, -0.15) is 0 Å². The van der Waals surface area contributed by atoms with E-state index in [0.717, 1.165) is 17.0 Å². The Hall–Kier alpha value is -3.08. The first-order chi connectivity index (χ1) is 12.0. The maximum absolute atomic E-state index is 11.8. The molecule has 2 rings (SSSR count). The van der Waals surface area contributed by atoms with Crippen LogP contribution < -0.4 is 15.4 Å². The molecule has 0 saturated carbocycles. The van der Waals surface area contributed by atoms with Crippen LogP contribution in [0.4, 0.5) is 5.69 Å². The van der Waals surface area contributed by atoms with Crippen LogP contribution in [0.3, 0.4) is 0 Å². The van der Waals surface area contributed by atoms with Crippen LogP contribution in [0.1, 0.15) is 18.1 Å². The van der Waals surface area contributed by atoms with Gasteiger partial charge in [-0.25, -0.2) is 0 Å².